The van der Waals surface area contributed by atoms with Gasteiger partial charge >= 0.3 is 0 Å². The van der Waals surface area contributed by atoms with E-state index in [-0.39, 0.29) is 41.9 Å². The van der Waals surface area contributed by atoms with E-state index in [9.17, 15) is 13.2 Å². The standard InChI is InChI=1S/C30H28N4O5S/c35-30(19-4-5-21-16-38-10-11-40(36,37)29(21)12-19)32-15-22-13-27-20(14-31-22)6-7-26(33-27)24-2-1-3-28-25(24)8-9-34(28)23-17-39-18-23/h1-7,12-14,23H,8-11,15-18H2,(H,32,35). The molecule has 1 amide bonds. The van der Waals surface area contributed by atoms with Gasteiger partial charge in [0, 0.05) is 34.9 Å². The maximum atomic E-state index is 12.9. The number of benzene rings is 2. The summed E-state index contributed by atoms with van der Waals surface area (Å²) in [6, 6.07) is 17.5. The van der Waals surface area contributed by atoms with Crippen molar-refractivity contribution in [3.63, 3.8) is 0 Å². The van der Waals surface area contributed by atoms with Crippen LogP contribution in [0.4, 0.5) is 5.69 Å². The number of amides is 1. The summed E-state index contributed by atoms with van der Waals surface area (Å²) in [5, 5.41) is 3.78. The summed E-state index contributed by atoms with van der Waals surface area (Å²) in [4.78, 5) is 25.0. The van der Waals surface area contributed by atoms with Crippen LogP contribution in [-0.4, -0.2) is 62.5 Å². The van der Waals surface area contributed by atoms with Gasteiger partial charge in [-0.3, -0.25) is 9.78 Å². The first-order valence-corrected chi connectivity index (χ1v) is 15.1. The second-order valence-corrected chi connectivity index (χ2v) is 12.5. The van der Waals surface area contributed by atoms with E-state index in [0.29, 0.717) is 17.3 Å². The van der Waals surface area contributed by atoms with E-state index in [2.05, 4.69) is 33.4 Å². The van der Waals surface area contributed by atoms with Gasteiger partial charge in [-0.2, -0.15) is 0 Å². The smallest absolute Gasteiger partial charge is 0.251 e. The van der Waals surface area contributed by atoms with Crippen molar-refractivity contribution >= 4 is 32.3 Å². The Bertz CT molecular complexity index is 1750. The number of hydrogen-bond donors (Lipinski definition) is 1. The minimum atomic E-state index is -3.50. The zero-order valence-electron chi connectivity index (χ0n) is 21.8. The molecule has 3 aliphatic rings. The SMILES string of the molecule is O=C(NCc1cc2nc(-c3cccc4c3CCN4C3COC3)ccc2cn1)c1ccc2c(c1)S(=O)(=O)CCOC2. The van der Waals surface area contributed by atoms with Crippen molar-refractivity contribution in [2.75, 3.05) is 37.0 Å². The molecule has 1 fully saturated rings. The van der Waals surface area contributed by atoms with Gasteiger partial charge in [0.1, 0.15) is 0 Å². The van der Waals surface area contributed by atoms with E-state index in [1.807, 2.05) is 18.2 Å². The number of pyridine rings is 2. The molecule has 0 atom stereocenters. The highest BCUT2D eigenvalue weighted by Gasteiger charge is 2.32. The van der Waals surface area contributed by atoms with Crippen LogP contribution in [-0.2, 0) is 38.9 Å². The molecule has 0 saturated carbocycles. The molecule has 9 nitrogen and oxygen atoms in total. The molecule has 1 saturated heterocycles. The number of aromatic nitrogens is 2. The fraction of sp³-hybridized carbons (Fsp3) is 0.300. The summed E-state index contributed by atoms with van der Waals surface area (Å²) in [6.45, 7) is 3.10. The second kappa shape index (κ2) is 9.96. The maximum Gasteiger partial charge on any atom is 0.251 e. The first-order chi connectivity index (χ1) is 19.5. The van der Waals surface area contributed by atoms with E-state index < -0.39 is 9.84 Å². The molecule has 7 rings (SSSR count). The molecule has 0 radical (unpaired) electrons. The Balaban J connectivity index is 1.11. The number of carbonyl (C=O) groups excluding carboxylic acids is 1. The summed E-state index contributed by atoms with van der Waals surface area (Å²) in [5.74, 6) is -0.464. The molecule has 3 aliphatic heterocycles. The topological polar surface area (TPSA) is 111 Å². The summed E-state index contributed by atoms with van der Waals surface area (Å²) < 4.78 is 36.0. The Morgan fingerprint density at radius 3 is 2.83 bits per heavy atom. The van der Waals surface area contributed by atoms with Crippen molar-refractivity contribution in [3.8, 4) is 11.3 Å². The monoisotopic (exact) mass is 556 g/mol. The van der Waals surface area contributed by atoms with Crippen LogP contribution in [0.2, 0.25) is 0 Å². The third-order valence-electron chi connectivity index (χ3n) is 7.88. The van der Waals surface area contributed by atoms with Crippen molar-refractivity contribution in [1.82, 2.24) is 15.3 Å². The van der Waals surface area contributed by atoms with Gasteiger partial charge in [0.25, 0.3) is 5.91 Å². The zero-order valence-corrected chi connectivity index (χ0v) is 22.6. The van der Waals surface area contributed by atoms with Crippen LogP contribution < -0.4 is 10.2 Å². The van der Waals surface area contributed by atoms with Gasteiger partial charge in [-0.25, -0.2) is 13.4 Å². The normalized spacial score (nSPS) is 18.1. The van der Waals surface area contributed by atoms with Gasteiger partial charge in [-0.1, -0.05) is 18.2 Å². The van der Waals surface area contributed by atoms with Crippen LogP contribution in [0.15, 0.2) is 65.7 Å². The third-order valence-corrected chi connectivity index (χ3v) is 9.63. The lowest BCUT2D eigenvalue weighted by Crippen LogP contribution is -2.48. The van der Waals surface area contributed by atoms with Crippen LogP contribution in [0.25, 0.3) is 22.2 Å². The van der Waals surface area contributed by atoms with E-state index in [4.69, 9.17) is 14.5 Å². The number of rotatable bonds is 5. The first-order valence-electron chi connectivity index (χ1n) is 13.4. The minimum absolute atomic E-state index is 0.0966. The summed E-state index contributed by atoms with van der Waals surface area (Å²) >= 11 is 0. The number of carbonyl (C=O) groups is 1. The highest BCUT2D eigenvalue weighted by atomic mass is 32.2. The molecule has 2 aromatic heterocycles. The quantitative estimate of drug-likeness (QED) is 0.399. The molecule has 10 heteroatoms. The molecular formula is C30H28N4O5S. The van der Waals surface area contributed by atoms with Gasteiger partial charge in [0.15, 0.2) is 9.84 Å². The van der Waals surface area contributed by atoms with Crippen molar-refractivity contribution in [3.05, 3.63) is 83.2 Å². The van der Waals surface area contributed by atoms with Crippen LogP contribution in [0.5, 0.6) is 0 Å². The van der Waals surface area contributed by atoms with Crippen molar-refractivity contribution in [1.29, 1.82) is 0 Å². The van der Waals surface area contributed by atoms with Gasteiger partial charge < -0.3 is 19.7 Å². The fourth-order valence-electron chi connectivity index (χ4n) is 5.62. The van der Waals surface area contributed by atoms with Crippen LogP contribution in [0.3, 0.4) is 0 Å². The number of anilines is 1. The first kappa shape index (κ1) is 25.1. The molecule has 0 unspecified atom stereocenters. The number of ether oxygens (including phenoxy) is 2. The molecule has 0 aliphatic carbocycles. The van der Waals surface area contributed by atoms with E-state index in [1.165, 1.54) is 17.3 Å². The van der Waals surface area contributed by atoms with Crippen molar-refractivity contribution in [2.45, 2.75) is 30.5 Å². The number of nitrogens with one attached hydrogen (secondary N) is 1. The molecule has 204 valence electrons. The summed E-state index contributed by atoms with van der Waals surface area (Å²) in [6.07, 6.45) is 2.74. The van der Waals surface area contributed by atoms with Gasteiger partial charge in [-0.15, -0.1) is 0 Å². The van der Waals surface area contributed by atoms with E-state index in [1.54, 1.807) is 18.3 Å². The molecule has 5 heterocycles. The van der Waals surface area contributed by atoms with Crippen molar-refractivity contribution in [2.24, 2.45) is 0 Å². The third kappa shape index (κ3) is 4.51. The Labute approximate surface area is 232 Å². The van der Waals surface area contributed by atoms with Crippen LogP contribution in [0.1, 0.15) is 27.2 Å². The Hall–Kier alpha value is -3.86. The second-order valence-electron chi connectivity index (χ2n) is 10.4. The zero-order chi connectivity index (χ0) is 27.3. The van der Waals surface area contributed by atoms with Crippen molar-refractivity contribution < 1.29 is 22.7 Å². The highest BCUT2D eigenvalue weighted by Crippen LogP contribution is 2.38. The predicted octanol–water partition coefficient (Wildman–Crippen LogP) is 3.29. The van der Waals surface area contributed by atoms with Crippen LogP contribution >= 0.6 is 0 Å². The number of sulfone groups is 1. The largest absolute Gasteiger partial charge is 0.377 e. The fourth-order valence-corrected chi connectivity index (χ4v) is 7.01. The Morgan fingerprint density at radius 1 is 1.07 bits per heavy atom. The predicted molar refractivity (Wildman–Crippen MR) is 150 cm³/mol. The molecule has 0 bridgehead atoms. The summed E-state index contributed by atoms with van der Waals surface area (Å²) in [7, 11) is -3.50. The lowest BCUT2D eigenvalue weighted by molar-refractivity contribution is 0.00887. The number of nitrogens with zero attached hydrogens (tertiary/aromatic N) is 3. The molecule has 40 heavy (non-hydrogen) atoms. The molecule has 4 aromatic rings. The Morgan fingerprint density at radius 2 is 1.98 bits per heavy atom. The highest BCUT2D eigenvalue weighted by molar-refractivity contribution is 7.91. The van der Waals surface area contributed by atoms with E-state index >= 15 is 0 Å². The maximum absolute atomic E-state index is 12.9. The average Bonchev–Trinajstić information content (AvgIpc) is 3.29. The summed E-state index contributed by atoms with van der Waals surface area (Å²) in [5.41, 5.74) is 6.95. The average molecular weight is 557 g/mol. The molecule has 1 N–H and O–H groups in total. The lowest BCUT2D eigenvalue weighted by Gasteiger charge is -2.36. The number of fused-ring (bicyclic) bond motifs is 3. The molecule has 2 aromatic carbocycles. The van der Waals surface area contributed by atoms with Gasteiger partial charge in [-0.05, 0) is 53.9 Å². The number of hydrogen-bond acceptors (Lipinski definition) is 8. The van der Waals surface area contributed by atoms with E-state index in [0.717, 1.165) is 48.3 Å². The minimum Gasteiger partial charge on any atom is -0.377 e. The molecular weight excluding hydrogens is 528 g/mol. The van der Waals surface area contributed by atoms with Gasteiger partial charge in [0.2, 0.25) is 0 Å². The lowest BCUT2D eigenvalue weighted by atomic mass is 10.0. The Kier molecular flexibility index (Phi) is 6.25. The molecule has 0 spiro atoms. The van der Waals surface area contributed by atoms with Crippen LogP contribution in [0, 0.1) is 0 Å². The van der Waals surface area contributed by atoms with Gasteiger partial charge in [0.05, 0.1) is 66.6 Å².